The molecule has 5 nitrogen and oxygen atoms in total. The van der Waals surface area contributed by atoms with Crippen molar-refractivity contribution < 1.29 is 23.7 Å². The summed E-state index contributed by atoms with van der Waals surface area (Å²) >= 11 is 0. The van der Waals surface area contributed by atoms with E-state index < -0.39 is 0 Å². The van der Waals surface area contributed by atoms with Gasteiger partial charge in [-0.05, 0) is 12.3 Å². The summed E-state index contributed by atoms with van der Waals surface area (Å²) < 4.78 is 26.8. The van der Waals surface area contributed by atoms with Crippen molar-refractivity contribution in [3.63, 3.8) is 0 Å². The standard InChI is InChI=1S/C11H20O5/c1-7-4-8-10(16-8)11(15-6-13-3)9(7)14-5-12-2/h7-11H,4-6H2,1-3H3/t7-,8-,9-,10-,11-/m1/s1. The molecule has 0 unspecified atom stereocenters. The fourth-order valence-electron chi connectivity index (χ4n) is 2.39. The highest BCUT2D eigenvalue weighted by molar-refractivity contribution is 5.02. The Morgan fingerprint density at radius 1 is 1.06 bits per heavy atom. The number of methoxy groups -OCH3 is 2. The maximum absolute atomic E-state index is 5.67. The maximum atomic E-state index is 5.67. The van der Waals surface area contributed by atoms with Crippen molar-refractivity contribution in [1.29, 1.82) is 0 Å². The van der Waals surface area contributed by atoms with E-state index >= 15 is 0 Å². The van der Waals surface area contributed by atoms with Crippen LogP contribution in [0.1, 0.15) is 13.3 Å². The van der Waals surface area contributed by atoms with Crippen LogP contribution in [0.15, 0.2) is 0 Å². The summed E-state index contributed by atoms with van der Waals surface area (Å²) in [4.78, 5) is 0. The molecule has 1 saturated heterocycles. The van der Waals surface area contributed by atoms with Crippen LogP contribution < -0.4 is 0 Å². The Balaban J connectivity index is 1.91. The second-order valence-corrected chi connectivity index (χ2v) is 4.43. The van der Waals surface area contributed by atoms with Crippen molar-refractivity contribution in [1.82, 2.24) is 0 Å². The lowest BCUT2D eigenvalue weighted by molar-refractivity contribution is -0.179. The average Bonchev–Trinajstić information content (AvgIpc) is 3.02. The van der Waals surface area contributed by atoms with Crippen LogP contribution in [0.2, 0.25) is 0 Å². The molecule has 0 radical (unpaired) electrons. The van der Waals surface area contributed by atoms with Crippen molar-refractivity contribution in [2.24, 2.45) is 5.92 Å². The van der Waals surface area contributed by atoms with Crippen LogP contribution in [0, 0.1) is 5.92 Å². The van der Waals surface area contributed by atoms with Gasteiger partial charge < -0.3 is 23.7 Å². The second-order valence-electron chi connectivity index (χ2n) is 4.43. The van der Waals surface area contributed by atoms with E-state index in [0.717, 1.165) is 6.42 Å². The fourth-order valence-corrected chi connectivity index (χ4v) is 2.39. The third kappa shape index (κ3) is 2.55. The van der Waals surface area contributed by atoms with Crippen molar-refractivity contribution in [3.8, 4) is 0 Å². The highest BCUT2D eigenvalue weighted by atomic mass is 16.7. The molecule has 1 heterocycles. The molecular formula is C11H20O5. The van der Waals surface area contributed by atoms with E-state index in [1.807, 2.05) is 0 Å². The van der Waals surface area contributed by atoms with Crippen molar-refractivity contribution in [2.75, 3.05) is 27.8 Å². The third-order valence-electron chi connectivity index (χ3n) is 3.19. The first-order chi connectivity index (χ1) is 7.77. The lowest BCUT2D eigenvalue weighted by atomic mass is 9.85. The van der Waals surface area contributed by atoms with Gasteiger partial charge >= 0.3 is 0 Å². The molecular weight excluding hydrogens is 212 g/mol. The van der Waals surface area contributed by atoms with Gasteiger partial charge in [0, 0.05) is 14.2 Å². The molecule has 0 bridgehead atoms. The summed E-state index contributed by atoms with van der Waals surface area (Å²) in [6.45, 7) is 2.72. The molecule has 16 heavy (non-hydrogen) atoms. The molecule has 0 spiro atoms. The van der Waals surface area contributed by atoms with E-state index in [2.05, 4.69) is 6.92 Å². The van der Waals surface area contributed by atoms with Crippen LogP contribution in [0.3, 0.4) is 0 Å². The molecule has 2 fully saturated rings. The number of fused-ring (bicyclic) bond motifs is 1. The number of ether oxygens (including phenoxy) is 5. The molecule has 2 aliphatic rings. The Hall–Kier alpha value is -0.200. The van der Waals surface area contributed by atoms with E-state index in [-0.39, 0.29) is 25.1 Å². The number of hydrogen-bond acceptors (Lipinski definition) is 5. The highest BCUT2D eigenvalue weighted by Crippen LogP contribution is 2.42. The monoisotopic (exact) mass is 232 g/mol. The zero-order valence-corrected chi connectivity index (χ0v) is 10.0. The summed E-state index contributed by atoms with van der Waals surface area (Å²) in [6, 6.07) is 0. The second kappa shape index (κ2) is 5.42. The first kappa shape index (κ1) is 12.3. The molecule has 0 aromatic rings. The van der Waals surface area contributed by atoms with Gasteiger partial charge in [-0.25, -0.2) is 0 Å². The van der Waals surface area contributed by atoms with E-state index in [9.17, 15) is 0 Å². The molecule has 0 aromatic carbocycles. The predicted octanol–water partition coefficient (Wildman–Crippen LogP) is 0.772. The average molecular weight is 232 g/mol. The fraction of sp³-hybridized carbons (Fsp3) is 1.00. The Bertz CT molecular complexity index is 214. The molecule has 1 aliphatic heterocycles. The maximum Gasteiger partial charge on any atom is 0.146 e. The normalized spacial score (nSPS) is 41.8. The Labute approximate surface area is 95.9 Å². The Kier molecular flexibility index (Phi) is 4.16. The van der Waals surface area contributed by atoms with Gasteiger partial charge in [0.15, 0.2) is 0 Å². The Morgan fingerprint density at radius 2 is 1.69 bits per heavy atom. The number of hydrogen-bond donors (Lipinski definition) is 0. The summed E-state index contributed by atoms with van der Waals surface area (Å²) in [5, 5.41) is 0. The minimum atomic E-state index is -0.0381. The molecule has 5 atom stereocenters. The van der Waals surface area contributed by atoms with Gasteiger partial charge in [-0.15, -0.1) is 0 Å². The van der Waals surface area contributed by atoms with E-state index in [1.165, 1.54) is 0 Å². The van der Waals surface area contributed by atoms with Crippen LogP contribution in [0.5, 0.6) is 0 Å². The molecule has 1 aliphatic carbocycles. The number of epoxide rings is 1. The zero-order chi connectivity index (χ0) is 11.5. The van der Waals surface area contributed by atoms with Gasteiger partial charge in [0.2, 0.25) is 0 Å². The number of rotatable bonds is 6. The minimum Gasteiger partial charge on any atom is -0.367 e. The van der Waals surface area contributed by atoms with Crippen LogP contribution in [0.4, 0.5) is 0 Å². The molecule has 1 saturated carbocycles. The third-order valence-corrected chi connectivity index (χ3v) is 3.19. The summed E-state index contributed by atoms with van der Waals surface area (Å²) in [7, 11) is 3.23. The van der Waals surface area contributed by atoms with Crippen molar-refractivity contribution in [3.05, 3.63) is 0 Å². The molecule has 0 aromatic heterocycles. The first-order valence-corrected chi connectivity index (χ1v) is 5.64. The summed E-state index contributed by atoms with van der Waals surface area (Å²) in [6.07, 6.45) is 1.54. The van der Waals surface area contributed by atoms with Crippen molar-refractivity contribution in [2.45, 2.75) is 37.8 Å². The Morgan fingerprint density at radius 3 is 2.31 bits per heavy atom. The van der Waals surface area contributed by atoms with Gasteiger partial charge in [0.1, 0.15) is 25.8 Å². The van der Waals surface area contributed by atoms with E-state index in [4.69, 9.17) is 23.7 Å². The molecule has 0 N–H and O–H groups in total. The summed E-state index contributed by atoms with van der Waals surface area (Å²) in [5.74, 6) is 0.417. The van der Waals surface area contributed by atoms with Gasteiger partial charge in [-0.3, -0.25) is 0 Å². The van der Waals surface area contributed by atoms with Gasteiger partial charge in [-0.1, -0.05) is 6.92 Å². The van der Waals surface area contributed by atoms with Crippen LogP contribution >= 0.6 is 0 Å². The first-order valence-electron chi connectivity index (χ1n) is 5.64. The van der Waals surface area contributed by atoms with Crippen LogP contribution in [-0.4, -0.2) is 52.2 Å². The minimum absolute atomic E-state index is 0.0267. The van der Waals surface area contributed by atoms with Gasteiger partial charge in [-0.2, -0.15) is 0 Å². The van der Waals surface area contributed by atoms with Crippen LogP contribution in [-0.2, 0) is 23.7 Å². The quantitative estimate of drug-likeness (QED) is 0.500. The molecule has 2 rings (SSSR count). The summed E-state index contributed by atoms with van der Waals surface area (Å²) in [5.41, 5.74) is 0. The van der Waals surface area contributed by atoms with Gasteiger partial charge in [0.25, 0.3) is 0 Å². The van der Waals surface area contributed by atoms with E-state index in [1.54, 1.807) is 14.2 Å². The smallest absolute Gasteiger partial charge is 0.146 e. The predicted molar refractivity (Wildman–Crippen MR) is 55.9 cm³/mol. The molecule has 5 heteroatoms. The van der Waals surface area contributed by atoms with Crippen molar-refractivity contribution >= 4 is 0 Å². The molecule has 94 valence electrons. The topological polar surface area (TPSA) is 49.5 Å². The SMILES string of the molecule is COCO[C@@H]1[C@H](OCOC)[C@H](C)C[C@H]2O[C@@H]12. The molecule has 0 amide bonds. The highest BCUT2D eigenvalue weighted by Gasteiger charge is 2.55. The van der Waals surface area contributed by atoms with Crippen LogP contribution in [0.25, 0.3) is 0 Å². The van der Waals surface area contributed by atoms with E-state index in [0.29, 0.717) is 18.8 Å². The largest absolute Gasteiger partial charge is 0.367 e. The lowest BCUT2D eigenvalue weighted by Crippen LogP contribution is -2.45. The van der Waals surface area contributed by atoms with Gasteiger partial charge in [0.05, 0.1) is 12.2 Å². The zero-order valence-electron chi connectivity index (χ0n) is 10.0. The lowest BCUT2D eigenvalue weighted by Gasteiger charge is -2.33.